The zero-order chi connectivity index (χ0) is 22.4. The van der Waals surface area contributed by atoms with Gasteiger partial charge in [-0.25, -0.2) is 0 Å². The molecule has 2 N–H and O–H groups in total. The summed E-state index contributed by atoms with van der Waals surface area (Å²) in [6.07, 6.45) is -5.84. The topological polar surface area (TPSA) is 86.3 Å². The first kappa shape index (κ1) is 24.1. The van der Waals surface area contributed by atoms with Crippen molar-refractivity contribution in [3.05, 3.63) is 29.3 Å². The van der Waals surface area contributed by atoms with E-state index in [-0.39, 0.29) is 50.7 Å². The Labute approximate surface area is 182 Å². The summed E-state index contributed by atoms with van der Waals surface area (Å²) in [5.41, 5.74) is 0. The van der Waals surface area contributed by atoms with E-state index in [9.17, 15) is 23.1 Å². The summed E-state index contributed by atoms with van der Waals surface area (Å²) >= 11 is 5.79. The maximum atomic E-state index is 12.1. The Morgan fingerprint density at radius 2 is 1.94 bits per heavy atom. The van der Waals surface area contributed by atoms with E-state index in [1.807, 2.05) is 0 Å². The lowest BCUT2D eigenvalue weighted by Crippen LogP contribution is -2.48. The SMILES string of the molecule is O=C(COc1ccc(Cl)cc1)N[C@H]1CC[C@H]([C@H](O)CO[C@H]2C[C@@H](OC(F)(F)F)C2)OC1. The number of hydrogen-bond donors (Lipinski definition) is 2. The van der Waals surface area contributed by atoms with Crippen LogP contribution in [-0.4, -0.2) is 67.7 Å². The third kappa shape index (κ3) is 8.12. The van der Waals surface area contributed by atoms with Crippen molar-refractivity contribution in [2.45, 2.75) is 62.5 Å². The van der Waals surface area contributed by atoms with Crippen molar-refractivity contribution in [2.24, 2.45) is 0 Å². The maximum absolute atomic E-state index is 12.1. The third-order valence-electron chi connectivity index (χ3n) is 5.14. The maximum Gasteiger partial charge on any atom is 0.522 e. The van der Waals surface area contributed by atoms with Crippen LogP contribution in [0, 0.1) is 0 Å². The number of carbonyl (C=O) groups excluding carboxylic acids is 1. The number of ether oxygens (including phenoxy) is 4. The molecule has 1 saturated heterocycles. The van der Waals surface area contributed by atoms with Gasteiger partial charge in [0.15, 0.2) is 6.61 Å². The molecule has 1 aromatic carbocycles. The molecule has 1 amide bonds. The summed E-state index contributed by atoms with van der Waals surface area (Å²) in [7, 11) is 0. The van der Waals surface area contributed by atoms with Crippen LogP contribution in [0.4, 0.5) is 13.2 Å². The quantitative estimate of drug-likeness (QED) is 0.581. The summed E-state index contributed by atoms with van der Waals surface area (Å²) in [4.78, 5) is 12.0. The van der Waals surface area contributed by atoms with Crippen molar-refractivity contribution in [1.29, 1.82) is 0 Å². The number of alkyl halides is 3. The van der Waals surface area contributed by atoms with E-state index in [4.69, 9.17) is 25.8 Å². The summed E-state index contributed by atoms with van der Waals surface area (Å²) < 4.78 is 56.7. The number of aliphatic hydroxyl groups is 1. The van der Waals surface area contributed by atoms with E-state index < -0.39 is 24.7 Å². The number of hydrogen-bond acceptors (Lipinski definition) is 6. The smallest absolute Gasteiger partial charge is 0.484 e. The Morgan fingerprint density at radius 1 is 1.23 bits per heavy atom. The van der Waals surface area contributed by atoms with Gasteiger partial charge in [0.2, 0.25) is 0 Å². The minimum Gasteiger partial charge on any atom is -0.484 e. The van der Waals surface area contributed by atoms with E-state index in [1.54, 1.807) is 24.3 Å². The number of benzene rings is 1. The van der Waals surface area contributed by atoms with Crippen LogP contribution in [-0.2, 0) is 19.0 Å². The molecule has 11 heteroatoms. The minimum atomic E-state index is -4.64. The number of carbonyl (C=O) groups is 1. The highest BCUT2D eigenvalue weighted by Crippen LogP contribution is 2.32. The lowest BCUT2D eigenvalue weighted by atomic mass is 9.92. The molecule has 1 saturated carbocycles. The van der Waals surface area contributed by atoms with Crippen molar-refractivity contribution in [2.75, 3.05) is 19.8 Å². The lowest BCUT2D eigenvalue weighted by Gasteiger charge is -2.37. The van der Waals surface area contributed by atoms with Crippen LogP contribution < -0.4 is 10.1 Å². The van der Waals surface area contributed by atoms with Crippen LogP contribution in [0.3, 0.4) is 0 Å². The fraction of sp³-hybridized carbons (Fsp3) is 0.650. The average Bonchev–Trinajstić information content (AvgIpc) is 2.68. The monoisotopic (exact) mass is 467 g/mol. The molecule has 1 heterocycles. The number of aliphatic hydroxyl groups excluding tert-OH is 1. The van der Waals surface area contributed by atoms with Crippen LogP contribution >= 0.6 is 11.6 Å². The molecule has 1 aliphatic carbocycles. The Morgan fingerprint density at radius 3 is 2.55 bits per heavy atom. The fourth-order valence-corrected chi connectivity index (χ4v) is 3.54. The normalized spacial score (nSPS) is 27.3. The summed E-state index contributed by atoms with van der Waals surface area (Å²) in [5, 5.41) is 13.6. The van der Waals surface area contributed by atoms with Crippen molar-refractivity contribution in [3.63, 3.8) is 0 Å². The van der Waals surface area contributed by atoms with Crippen LogP contribution in [0.5, 0.6) is 5.75 Å². The molecule has 2 fully saturated rings. The van der Waals surface area contributed by atoms with Gasteiger partial charge >= 0.3 is 6.36 Å². The van der Waals surface area contributed by atoms with E-state index in [1.165, 1.54) is 0 Å². The van der Waals surface area contributed by atoms with Gasteiger partial charge in [-0.2, -0.15) is 0 Å². The third-order valence-corrected chi connectivity index (χ3v) is 5.40. The van der Waals surface area contributed by atoms with Gasteiger partial charge in [0, 0.05) is 17.9 Å². The van der Waals surface area contributed by atoms with Gasteiger partial charge in [0.05, 0.1) is 37.6 Å². The predicted octanol–water partition coefficient (Wildman–Crippen LogP) is 2.83. The molecule has 31 heavy (non-hydrogen) atoms. The molecule has 7 nitrogen and oxygen atoms in total. The highest BCUT2D eigenvalue weighted by molar-refractivity contribution is 6.30. The molecular weight excluding hydrogens is 443 g/mol. The largest absolute Gasteiger partial charge is 0.522 e. The highest BCUT2D eigenvalue weighted by atomic mass is 35.5. The van der Waals surface area contributed by atoms with Crippen LogP contribution in [0.15, 0.2) is 24.3 Å². The van der Waals surface area contributed by atoms with E-state index in [0.717, 1.165) is 0 Å². The van der Waals surface area contributed by atoms with Crippen LogP contribution in [0.25, 0.3) is 0 Å². The molecule has 0 spiro atoms. The van der Waals surface area contributed by atoms with Crippen molar-refractivity contribution < 1.29 is 42.0 Å². The van der Waals surface area contributed by atoms with Crippen molar-refractivity contribution in [3.8, 4) is 5.75 Å². The second-order valence-electron chi connectivity index (χ2n) is 7.64. The average molecular weight is 468 g/mol. The van der Waals surface area contributed by atoms with E-state index in [0.29, 0.717) is 23.6 Å². The molecule has 174 valence electrons. The number of nitrogens with one attached hydrogen (secondary N) is 1. The van der Waals surface area contributed by atoms with Gasteiger partial charge in [0.1, 0.15) is 11.9 Å². The number of halogens is 4. The summed E-state index contributed by atoms with van der Waals surface area (Å²) in [6, 6.07) is 6.47. The van der Waals surface area contributed by atoms with Crippen molar-refractivity contribution >= 4 is 17.5 Å². The van der Waals surface area contributed by atoms with Gasteiger partial charge in [-0.15, -0.1) is 13.2 Å². The molecule has 0 bridgehead atoms. The standard InChI is InChI=1S/C20H25ClF3NO6/c21-12-1-4-14(5-2-12)29-11-19(27)25-13-3-6-18(30-9-13)17(26)10-28-15-7-16(8-15)31-20(22,23)24/h1-2,4-5,13,15-18,26H,3,6-11H2,(H,25,27)/t13-,15-,16+,17+,18+/m0/s1. The zero-order valence-electron chi connectivity index (χ0n) is 16.6. The van der Waals surface area contributed by atoms with Gasteiger partial charge in [-0.3, -0.25) is 9.53 Å². The first-order chi connectivity index (χ1) is 14.7. The molecule has 0 aromatic heterocycles. The summed E-state index contributed by atoms with van der Waals surface area (Å²) in [5.74, 6) is 0.247. The first-order valence-corrected chi connectivity index (χ1v) is 10.4. The van der Waals surface area contributed by atoms with Crippen molar-refractivity contribution in [1.82, 2.24) is 5.32 Å². The van der Waals surface area contributed by atoms with Gasteiger partial charge in [-0.05, 0) is 37.1 Å². The minimum absolute atomic E-state index is 0.0277. The molecule has 3 atom stereocenters. The molecule has 0 radical (unpaired) electrons. The van der Waals surface area contributed by atoms with Gasteiger partial charge in [-0.1, -0.05) is 11.6 Å². The fourth-order valence-electron chi connectivity index (χ4n) is 3.42. The molecule has 1 aliphatic heterocycles. The van der Waals surface area contributed by atoms with E-state index in [2.05, 4.69) is 10.1 Å². The Kier molecular flexibility index (Phi) is 8.40. The Balaban J connectivity index is 1.27. The molecule has 0 unspecified atom stereocenters. The number of rotatable bonds is 9. The number of amides is 1. The Hall–Kier alpha value is -1.59. The molecule has 1 aromatic rings. The second-order valence-corrected chi connectivity index (χ2v) is 8.07. The first-order valence-electron chi connectivity index (χ1n) is 10.0. The van der Waals surface area contributed by atoms with Gasteiger partial charge < -0.3 is 24.6 Å². The molecular formula is C20H25ClF3NO6. The highest BCUT2D eigenvalue weighted by Gasteiger charge is 2.41. The molecule has 3 rings (SSSR count). The van der Waals surface area contributed by atoms with Crippen LogP contribution in [0.2, 0.25) is 5.02 Å². The molecule has 2 aliphatic rings. The predicted molar refractivity (Wildman–Crippen MR) is 104 cm³/mol. The van der Waals surface area contributed by atoms with Crippen LogP contribution in [0.1, 0.15) is 25.7 Å². The second kappa shape index (κ2) is 10.8. The Bertz CT molecular complexity index is 706. The van der Waals surface area contributed by atoms with E-state index >= 15 is 0 Å². The van der Waals surface area contributed by atoms with Gasteiger partial charge in [0.25, 0.3) is 5.91 Å². The lowest BCUT2D eigenvalue weighted by molar-refractivity contribution is -0.357. The zero-order valence-corrected chi connectivity index (χ0v) is 17.4. The summed E-state index contributed by atoms with van der Waals surface area (Å²) in [6.45, 7) is 0.0673.